The Kier molecular flexibility index (Phi) is 4.86. The van der Waals surface area contributed by atoms with Crippen molar-refractivity contribution in [2.45, 2.75) is 19.9 Å². The van der Waals surface area contributed by atoms with Gasteiger partial charge >= 0.3 is 0 Å². The van der Waals surface area contributed by atoms with E-state index in [2.05, 4.69) is 18.3 Å². The maximum atomic E-state index is 10.7. The number of nitrogens with one attached hydrogen (secondary N) is 1. The van der Waals surface area contributed by atoms with Crippen molar-refractivity contribution < 1.29 is 4.92 Å². The van der Waals surface area contributed by atoms with Gasteiger partial charge in [-0.3, -0.25) is 10.1 Å². The van der Waals surface area contributed by atoms with Crippen LogP contribution in [0.4, 0.5) is 11.4 Å². The van der Waals surface area contributed by atoms with Crippen LogP contribution in [0.25, 0.3) is 0 Å². The van der Waals surface area contributed by atoms with Crippen LogP contribution in [0.3, 0.4) is 0 Å². The normalized spacial score (nSPS) is 10.6. The summed E-state index contributed by atoms with van der Waals surface area (Å²) in [5.41, 5.74) is 1.68. The summed E-state index contributed by atoms with van der Waals surface area (Å²) in [6, 6.07) is 4.68. The highest BCUT2D eigenvalue weighted by atomic mass is 35.5. The number of hydrogen-bond acceptors (Lipinski definition) is 4. The van der Waals surface area contributed by atoms with Gasteiger partial charge in [0.1, 0.15) is 0 Å². The van der Waals surface area contributed by atoms with E-state index in [1.807, 2.05) is 5.38 Å². The van der Waals surface area contributed by atoms with Gasteiger partial charge in [-0.15, -0.1) is 11.3 Å². The fourth-order valence-corrected chi connectivity index (χ4v) is 3.36. The van der Waals surface area contributed by atoms with Crippen molar-refractivity contribution in [3.8, 4) is 0 Å². The van der Waals surface area contributed by atoms with Crippen molar-refractivity contribution in [3.63, 3.8) is 0 Å². The van der Waals surface area contributed by atoms with E-state index in [1.165, 1.54) is 22.6 Å². The molecule has 0 saturated heterocycles. The van der Waals surface area contributed by atoms with E-state index in [9.17, 15) is 10.1 Å². The summed E-state index contributed by atoms with van der Waals surface area (Å²) in [6.07, 6.45) is 0.961. The van der Waals surface area contributed by atoms with Gasteiger partial charge in [0.05, 0.1) is 20.7 Å². The number of aryl methyl sites for hydroxylation is 1. The van der Waals surface area contributed by atoms with Crippen molar-refractivity contribution >= 4 is 45.9 Å². The Morgan fingerprint density at radius 2 is 2.00 bits per heavy atom. The third kappa shape index (κ3) is 3.23. The van der Waals surface area contributed by atoms with Crippen LogP contribution in [0.15, 0.2) is 23.6 Å². The van der Waals surface area contributed by atoms with Gasteiger partial charge in [-0.05, 0) is 23.4 Å². The standard InChI is InChI=1S/C13H12Cl2N2O2S/c1-2-8-3-4-20-12(8)7-16-13-10(14)5-9(17(18)19)6-11(13)15/h3-6,16H,2,7H2,1H3. The van der Waals surface area contributed by atoms with E-state index < -0.39 is 4.92 Å². The van der Waals surface area contributed by atoms with Crippen LogP contribution in [0.5, 0.6) is 0 Å². The van der Waals surface area contributed by atoms with Gasteiger partial charge in [0.15, 0.2) is 0 Å². The molecule has 0 saturated carbocycles. The van der Waals surface area contributed by atoms with Crippen molar-refractivity contribution in [3.05, 3.63) is 54.2 Å². The molecule has 4 nitrogen and oxygen atoms in total. The topological polar surface area (TPSA) is 55.2 Å². The van der Waals surface area contributed by atoms with Gasteiger partial charge in [-0.2, -0.15) is 0 Å². The Hall–Kier alpha value is -1.30. The lowest BCUT2D eigenvalue weighted by molar-refractivity contribution is -0.384. The lowest BCUT2D eigenvalue weighted by Crippen LogP contribution is -2.01. The first-order valence-electron chi connectivity index (χ1n) is 5.95. The van der Waals surface area contributed by atoms with Crippen LogP contribution in [0, 0.1) is 10.1 Å². The molecular weight excluding hydrogens is 319 g/mol. The molecule has 0 bridgehead atoms. The second-order valence-corrected chi connectivity index (χ2v) is 5.93. The lowest BCUT2D eigenvalue weighted by Gasteiger charge is -2.10. The minimum atomic E-state index is -0.518. The molecule has 0 atom stereocenters. The average molecular weight is 331 g/mol. The molecule has 1 heterocycles. The first kappa shape index (κ1) is 15.1. The second-order valence-electron chi connectivity index (χ2n) is 4.12. The number of anilines is 1. The summed E-state index contributed by atoms with van der Waals surface area (Å²) < 4.78 is 0. The van der Waals surface area contributed by atoms with Crippen LogP contribution in [0.1, 0.15) is 17.4 Å². The Bertz CT molecular complexity index is 620. The highest BCUT2D eigenvalue weighted by molar-refractivity contribution is 7.10. The lowest BCUT2D eigenvalue weighted by atomic mass is 10.2. The van der Waals surface area contributed by atoms with Crippen LogP contribution < -0.4 is 5.32 Å². The molecular formula is C13H12Cl2N2O2S. The number of rotatable bonds is 5. The molecule has 0 fully saturated rings. The maximum Gasteiger partial charge on any atom is 0.272 e. The van der Waals surface area contributed by atoms with Crippen molar-refractivity contribution in [1.82, 2.24) is 0 Å². The molecule has 1 N–H and O–H groups in total. The summed E-state index contributed by atoms with van der Waals surface area (Å²) in [7, 11) is 0. The monoisotopic (exact) mass is 330 g/mol. The number of thiophene rings is 1. The molecule has 106 valence electrons. The Balaban J connectivity index is 2.20. The van der Waals surface area contributed by atoms with E-state index in [-0.39, 0.29) is 15.7 Å². The Labute approximate surface area is 130 Å². The van der Waals surface area contributed by atoms with Gasteiger partial charge in [-0.25, -0.2) is 0 Å². The molecule has 2 aromatic rings. The first-order chi connectivity index (χ1) is 9.52. The van der Waals surface area contributed by atoms with Gasteiger partial charge in [0, 0.05) is 23.6 Å². The zero-order valence-electron chi connectivity index (χ0n) is 10.7. The Morgan fingerprint density at radius 3 is 2.55 bits per heavy atom. The molecule has 0 aliphatic carbocycles. The summed E-state index contributed by atoms with van der Waals surface area (Å²) in [5.74, 6) is 0. The van der Waals surface area contributed by atoms with E-state index in [0.717, 1.165) is 6.42 Å². The molecule has 0 amide bonds. The molecule has 1 aromatic carbocycles. The number of nitro groups is 1. The van der Waals surface area contributed by atoms with Gasteiger partial charge in [-0.1, -0.05) is 30.1 Å². The molecule has 0 spiro atoms. The van der Waals surface area contributed by atoms with Crippen molar-refractivity contribution in [1.29, 1.82) is 0 Å². The minimum Gasteiger partial charge on any atom is -0.378 e. The van der Waals surface area contributed by atoms with E-state index in [4.69, 9.17) is 23.2 Å². The predicted molar refractivity (Wildman–Crippen MR) is 84.1 cm³/mol. The van der Waals surface area contributed by atoms with Gasteiger partial charge in [0.25, 0.3) is 5.69 Å². The van der Waals surface area contributed by atoms with Crippen molar-refractivity contribution in [2.75, 3.05) is 5.32 Å². The van der Waals surface area contributed by atoms with Gasteiger partial charge in [0.2, 0.25) is 0 Å². The zero-order valence-corrected chi connectivity index (χ0v) is 13.0. The summed E-state index contributed by atoms with van der Waals surface area (Å²) in [5, 5.41) is 16.4. The molecule has 2 rings (SSSR count). The molecule has 0 unspecified atom stereocenters. The molecule has 1 aromatic heterocycles. The molecule has 0 aliphatic heterocycles. The minimum absolute atomic E-state index is 0.115. The maximum absolute atomic E-state index is 10.7. The SMILES string of the molecule is CCc1ccsc1CNc1c(Cl)cc([N+](=O)[O-])cc1Cl. The number of benzene rings is 1. The van der Waals surface area contributed by atoms with Gasteiger partial charge < -0.3 is 5.32 Å². The quantitative estimate of drug-likeness (QED) is 0.610. The molecule has 20 heavy (non-hydrogen) atoms. The van der Waals surface area contributed by atoms with Crippen LogP contribution in [-0.2, 0) is 13.0 Å². The number of nitro benzene ring substituents is 1. The van der Waals surface area contributed by atoms with E-state index in [0.29, 0.717) is 12.2 Å². The third-order valence-electron chi connectivity index (χ3n) is 2.88. The summed E-state index contributed by atoms with van der Waals surface area (Å²) >= 11 is 13.7. The van der Waals surface area contributed by atoms with Crippen LogP contribution in [-0.4, -0.2) is 4.92 Å². The number of hydrogen-bond donors (Lipinski definition) is 1. The zero-order chi connectivity index (χ0) is 14.7. The summed E-state index contributed by atoms with van der Waals surface area (Å²) in [6.45, 7) is 2.69. The number of non-ortho nitro benzene ring substituents is 1. The summed E-state index contributed by atoms with van der Waals surface area (Å²) in [4.78, 5) is 11.4. The first-order valence-corrected chi connectivity index (χ1v) is 7.59. The second kappa shape index (κ2) is 6.43. The van der Waals surface area contributed by atoms with Crippen LogP contribution in [0.2, 0.25) is 10.0 Å². The third-order valence-corrected chi connectivity index (χ3v) is 4.44. The average Bonchev–Trinajstić information content (AvgIpc) is 2.84. The molecule has 7 heteroatoms. The Morgan fingerprint density at radius 1 is 1.35 bits per heavy atom. The van der Waals surface area contributed by atoms with Crippen LogP contribution >= 0.6 is 34.5 Å². The van der Waals surface area contributed by atoms with E-state index >= 15 is 0 Å². The molecule has 0 aliphatic rings. The number of halogens is 2. The predicted octanol–water partition coefficient (Wildman–Crippen LogP) is 5.14. The largest absolute Gasteiger partial charge is 0.378 e. The highest BCUT2D eigenvalue weighted by Gasteiger charge is 2.14. The fourth-order valence-electron chi connectivity index (χ4n) is 1.84. The fraction of sp³-hybridized carbons (Fsp3) is 0.231. The smallest absolute Gasteiger partial charge is 0.272 e. The van der Waals surface area contributed by atoms with Crippen molar-refractivity contribution in [2.24, 2.45) is 0 Å². The molecule has 0 radical (unpaired) electrons. The van der Waals surface area contributed by atoms with E-state index in [1.54, 1.807) is 11.3 Å². The number of nitrogens with zero attached hydrogens (tertiary/aromatic N) is 1. The highest BCUT2D eigenvalue weighted by Crippen LogP contribution is 2.35.